The maximum Gasteiger partial charge on any atom is 0.417 e. The molecule has 4 heterocycles. The summed E-state index contributed by atoms with van der Waals surface area (Å²) in [5.41, 5.74) is 1.84. The van der Waals surface area contributed by atoms with E-state index in [0.717, 1.165) is 19.5 Å². The second kappa shape index (κ2) is 6.66. The average Bonchev–Trinajstić information content (AvgIpc) is 3.02. The molecule has 1 atom stereocenters. The Labute approximate surface area is 169 Å². The number of halogens is 1. The Morgan fingerprint density at radius 3 is 2.86 bits per heavy atom. The number of nitrogens with one attached hydrogen (secondary N) is 1. The molecule has 0 amide bonds. The zero-order valence-electron chi connectivity index (χ0n) is 15.5. The molecule has 9 heteroatoms. The minimum atomic E-state index is -0.552. The summed E-state index contributed by atoms with van der Waals surface area (Å²) in [6.45, 7) is 3.60. The fraction of sp³-hybridized carbons (Fsp3) is 0.250. The standard InChI is InChI=1S/C20H17ClN4O4/c1-11(28-14-4-2-5-15-18(14)23-20(27)29-15)13-8-12(21)10-25-17(26)9-16(22-19(13)25)24-6-3-7-24/h2,4-5,8-11H,3,6-7H2,1H3,(H,23,27)/t11-/m0/s1. The van der Waals surface area contributed by atoms with Crippen LogP contribution in [0.3, 0.4) is 0 Å². The van der Waals surface area contributed by atoms with Crippen molar-refractivity contribution >= 4 is 34.2 Å². The number of para-hydroxylation sites is 1. The minimum absolute atomic E-state index is 0.200. The number of ether oxygens (including phenoxy) is 1. The molecule has 4 aromatic rings. The normalized spacial score (nSPS) is 14.9. The van der Waals surface area contributed by atoms with Crippen molar-refractivity contribution in [2.45, 2.75) is 19.4 Å². The van der Waals surface area contributed by atoms with Gasteiger partial charge in [0.15, 0.2) is 5.58 Å². The Bertz CT molecular complexity index is 1350. The Kier molecular flexibility index (Phi) is 4.09. The van der Waals surface area contributed by atoms with Gasteiger partial charge in [0.2, 0.25) is 0 Å². The van der Waals surface area contributed by atoms with E-state index in [4.69, 9.17) is 25.7 Å². The second-order valence-electron chi connectivity index (χ2n) is 7.00. The third-order valence-corrected chi connectivity index (χ3v) is 5.29. The highest BCUT2D eigenvalue weighted by Gasteiger charge is 2.21. The lowest BCUT2D eigenvalue weighted by Gasteiger charge is -2.32. The first kappa shape index (κ1) is 17.8. The quantitative estimate of drug-likeness (QED) is 0.553. The number of fused-ring (bicyclic) bond motifs is 2. The molecule has 0 unspecified atom stereocenters. The van der Waals surface area contributed by atoms with Crippen molar-refractivity contribution in [1.29, 1.82) is 0 Å². The minimum Gasteiger partial charge on any atom is -0.484 e. The molecule has 29 heavy (non-hydrogen) atoms. The summed E-state index contributed by atoms with van der Waals surface area (Å²) in [4.78, 5) is 33.6. The fourth-order valence-corrected chi connectivity index (χ4v) is 3.70. The molecule has 1 N–H and O–H groups in total. The van der Waals surface area contributed by atoms with Gasteiger partial charge in [-0.1, -0.05) is 17.7 Å². The van der Waals surface area contributed by atoms with E-state index in [1.54, 1.807) is 30.5 Å². The molecule has 0 spiro atoms. The van der Waals surface area contributed by atoms with E-state index in [1.807, 2.05) is 6.92 Å². The van der Waals surface area contributed by atoms with Gasteiger partial charge in [0.25, 0.3) is 5.56 Å². The average molecular weight is 413 g/mol. The van der Waals surface area contributed by atoms with Crippen LogP contribution in [-0.4, -0.2) is 27.5 Å². The van der Waals surface area contributed by atoms with Crippen molar-refractivity contribution in [3.8, 4) is 5.75 Å². The van der Waals surface area contributed by atoms with Gasteiger partial charge in [-0.3, -0.25) is 14.2 Å². The number of benzene rings is 1. The maximum absolute atomic E-state index is 12.7. The van der Waals surface area contributed by atoms with Crippen molar-refractivity contribution in [2.75, 3.05) is 18.0 Å². The zero-order chi connectivity index (χ0) is 20.1. The predicted octanol–water partition coefficient (Wildman–Crippen LogP) is 3.13. The molecule has 1 aromatic carbocycles. The molecule has 1 aliphatic rings. The summed E-state index contributed by atoms with van der Waals surface area (Å²) in [6.07, 6.45) is 2.14. The molecular weight excluding hydrogens is 396 g/mol. The Balaban J connectivity index is 1.61. The highest BCUT2D eigenvalue weighted by Crippen LogP contribution is 2.30. The lowest BCUT2D eigenvalue weighted by Crippen LogP contribution is -2.38. The third-order valence-electron chi connectivity index (χ3n) is 5.08. The van der Waals surface area contributed by atoms with Gasteiger partial charge < -0.3 is 14.1 Å². The molecule has 5 rings (SSSR count). The lowest BCUT2D eigenvalue weighted by atomic mass is 10.1. The summed E-state index contributed by atoms with van der Waals surface area (Å²) < 4.78 is 12.6. The van der Waals surface area contributed by atoms with Crippen LogP contribution in [-0.2, 0) is 0 Å². The summed E-state index contributed by atoms with van der Waals surface area (Å²) in [5.74, 6) is 0.558. The molecular formula is C20H17ClN4O4. The topological polar surface area (TPSA) is 92.8 Å². The fourth-order valence-electron chi connectivity index (χ4n) is 3.49. The number of nitrogens with zero attached hydrogens (tertiary/aromatic N) is 3. The Morgan fingerprint density at radius 2 is 2.10 bits per heavy atom. The molecule has 0 saturated carbocycles. The van der Waals surface area contributed by atoms with Crippen molar-refractivity contribution in [3.63, 3.8) is 0 Å². The van der Waals surface area contributed by atoms with Crippen molar-refractivity contribution in [1.82, 2.24) is 14.4 Å². The number of aromatic nitrogens is 3. The van der Waals surface area contributed by atoms with Crippen LogP contribution in [0.5, 0.6) is 5.75 Å². The van der Waals surface area contributed by atoms with E-state index >= 15 is 0 Å². The predicted molar refractivity (Wildman–Crippen MR) is 109 cm³/mol. The van der Waals surface area contributed by atoms with Gasteiger partial charge in [0.1, 0.15) is 28.8 Å². The first-order chi connectivity index (χ1) is 14.0. The Hall–Kier alpha value is -3.26. The van der Waals surface area contributed by atoms with E-state index in [2.05, 4.69) is 9.88 Å². The van der Waals surface area contributed by atoms with Crippen LogP contribution in [0.15, 0.2) is 50.5 Å². The molecule has 1 saturated heterocycles. The first-order valence-electron chi connectivity index (χ1n) is 9.26. The van der Waals surface area contributed by atoms with Gasteiger partial charge in [-0.25, -0.2) is 9.78 Å². The van der Waals surface area contributed by atoms with E-state index in [0.29, 0.717) is 38.9 Å². The molecule has 1 fully saturated rings. The van der Waals surface area contributed by atoms with Gasteiger partial charge in [0.05, 0.1) is 5.02 Å². The van der Waals surface area contributed by atoms with Gasteiger partial charge in [-0.05, 0) is 31.5 Å². The molecule has 0 radical (unpaired) electrons. The number of oxazole rings is 1. The number of aromatic amines is 1. The van der Waals surface area contributed by atoms with E-state index in [1.165, 1.54) is 10.5 Å². The largest absolute Gasteiger partial charge is 0.484 e. The highest BCUT2D eigenvalue weighted by molar-refractivity contribution is 6.30. The highest BCUT2D eigenvalue weighted by atomic mass is 35.5. The van der Waals surface area contributed by atoms with Crippen molar-refractivity contribution in [2.24, 2.45) is 0 Å². The number of rotatable bonds is 4. The van der Waals surface area contributed by atoms with Gasteiger partial charge in [0, 0.05) is 30.9 Å². The molecule has 0 bridgehead atoms. The van der Waals surface area contributed by atoms with Gasteiger partial charge in [-0.15, -0.1) is 0 Å². The smallest absolute Gasteiger partial charge is 0.417 e. The van der Waals surface area contributed by atoms with Crippen LogP contribution in [0, 0.1) is 0 Å². The van der Waals surface area contributed by atoms with E-state index < -0.39 is 11.9 Å². The lowest BCUT2D eigenvalue weighted by molar-refractivity contribution is 0.230. The second-order valence-corrected chi connectivity index (χ2v) is 7.44. The molecule has 8 nitrogen and oxygen atoms in total. The maximum atomic E-state index is 12.7. The number of anilines is 1. The molecule has 0 aliphatic carbocycles. The van der Waals surface area contributed by atoms with Crippen LogP contribution >= 0.6 is 11.6 Å². The number of H-pyrrole nitrogens is 1. The third kappa shape index (κ3) is 3.05. The monoisotopic (exact) mass is 412 g/mol. The van der Waals surface area contributed by atoms with E-state index in [9.17, 15) is 9.59 Å². The summed E-state index contributed by atoms with van der Waals surface area (Å²) >= 11 is 6.27. The molecule has 1 aliphatic heterocycles. The van der Waals surface area contributed by atoms with Gasteiger partial charge >= 0.3 is 5.76 Å². The summed E-state index contributed by atoms with van der Waals surface area (Å²) in [6, 6.07) is 8.42. The van der Waals surface area contributed by atoms with Crippen molar-refractivity contribution < 1.29 is 9.15 Å². The van der Waals surface area contributed by atoms with Crippen molar-refractivity contribution in [3.05, 3.63) is 68.0 Å². The number of hydrogen-bond acceptors (Lipinski definition) is 6. The van der Waals surface area contributed by atoms with Crippen LogP contribution in [0.4, 0.5) is 5.82 Å². The first-order valence-corrected chi connectivity index (χ1v) is 9.64. The van der Waals surface area contributed by atoms with E-state index in [-0.39, 0.29) is 5.56 Å². The number of pyridine rings is 1. The van der Waals surface area contributed by atoms with Crippen LogP contribution < -0.4 is 21.0 Å². The molecule has 148 valence electrons. The molecule has 3 aromatic heterocycles. The van der Waals surface area contributed by atoms with Crippen LogP contribution in [0.25, 0.3) is 16.7 Å². The summed E-state index contributed by atoms with van der Waals surface area (Å²) in [5, 5.41) is 0.401. The zero-order valence-corrected chi connectivity index (χ0v) is 16.3. The van der Waals surface area contributed by atoms with Crippen LogP contribution in [0.1, 0.15) is 25.0 Å². The van der Waals surface area contributed by atoms with Crippen LogP contribution in [0.2, 0.25) is 5.02 Å². The Morgan fingerprint density at radius 1 is 1.28 bits per heavy atom. The SMILES string of the molecule is C[C@H](Oc1cccc2oc(=O)[nH]c12)c1cc(Cl)cn2c(=O)cc(N3CCC3)nc12. The summed E-state index contributed by atoms with van der Waals surface area (Å²) in [7, 11) is 0. The number of hydrogen-bond donors (Lipinski definition) is 1. The van der Waals surface area contributed by atoms with Gasteiger partial charge in [-0.2, -0.15) is 0 Å².